The summed E-state index contributed by atoms with van der Waals surface area (Å²) in [4.78, 5) is 37.3. The van der Waals surface area contributed by atoms with Crippen molar-refractivity contribution in [3.05, 3.63) is 28.7 Å². The van der Waals surface area contributed by atoms with E-state index in [1.807, 2.05) is 0 Å². The van der Waals surface area contributed by atoms with Crippen molar-refractivity contribution < 1.29 is 29.0 Å². The van der Waals surface area contributed by atoms with Crippen molar-refractivity contribution >= 4 is 35.0 Å². The minimum absolute atomic E-state index is 0.0299. The summed E-state index contributed by atoms with van der Waals surface area (Å²) in [6, 6.07) is 4.55. The molecule has 1 saturated heterocycles. The van der Waals surface area contributed by atoms with E-state index in [0.29, 0.717) is 5.56 Å². The summed E-state index contributed by atoms with van der Waals surface area (Å²) in [5, 5.41) is 9.06. The SMILES string of the molecule is COc1cc(/C=C2\SC(=O)N(CC(=O)OC(C)(C)C)C2=O)ccc1O. The Balaban J connectivity index is 2.16. The maximum atomic E-state index is 12.4. The van der Waals surface area contributed by atoms with Crippen LogP contribution in [0.1, 0.15) is 26.3 Å². The van der Waals surface area contributed by atoms with Crippen LogP contribution in [0.3, 0.4) is 0 Å². The highest BCUT2D eigenvalue weighted by Crippen LogP contribution is 2.34. The molecule has 1 fully saturated rings. The molecule has 2 amide bonds. The van der Waals surface area contributed by atoms with E-state index in [2.05, 4.69) is 0 Å². The van der Waals surface area contributed by atoms with E-state index in [1.54, 1.807) is 26.8 Å². The molecule has 1 heterocycles. The third-order valence-corrected chi connectivity index (χ3v) is 3.99. The lowest BCUT2D eigenvalue weighted by Crippen LogP contribution is -2.37. The molecule has 1 aliphatic heterocycles. The van der Waals surface area contributed by atoms with Gasteiger partial charge in [-0.2, -0.15) is 0 Å². The van der Waals surface area contributed by atoms with Gasteiger partial charge >= 0.3 is 5.97 Å². The van der Waals surface area contributed by atoms with Crippen LogP contribution < -0.4 is 4.74 Å². The van der Waals surface area contributed by atoms with Crippen LogP contribution in [0.5, 0.6) is 11.5 Å². The molecule has 0 spiro atoms. The van der Waals surface area contributed by atoms with Crippen molar-refractivity contribution in [2.24, 2.45) is 0 Å². The first-order chi connectivity index (χ1) is 11.6. The average Bonchev–Trinajstić information content (AvgIpc) is 2.75. The quantitative estimate of drug-likeness (QED) is 0.648. The van der Waals surface area contributed by atoms with E-state index < -0.39 is 29.3 Å². The van der Waals surface area contributed by atoms with E-state index in [4.69, 9.17) is 9.47 Å². The Morgan fingerprint density at radius 3 is 2.60 bits per heavy atom. The Morgan fingerprint density at radius 1 is 1.32 bits per heavy atom. The molecule has 1 aromatic carbocycles. The van der Waals surface area contributed by atoms with Gasteiger partial charge in [0.25, 0.3) is 11.1 Å². The van der Waals surface area contributed by atoms with Crippen LogP contribution in [-0.4, -0.2) is 46.4 Å². The number of hydrogen-bond donors (Lipinski definition) is 1. The van der Waals surface area contributed by atoms with E-state index in [0.717, 1.165) is 16.7 Å². The molecule has 1 aromatic rings. The van der Waals surface area contributed by atoms with Gasteiger partial charge in [0, 0.05) is 0 Å². The first-order valence-corrected chi connectivity index (χ1v) is 8.26. The van der Waals surface area contributed by atoms with Crippen molar-refractivity contribution in [2.75, 3.05) is 13.7 Å². The number of benzene rings is 1. The molecule has 0 aromatic heterocycles. The molecule has 8 heteroatoms. The topological polar surface area (TPSA) is 93.1 Å². The Hall–Kier alpha value is -2.48. The number of imide groups is 1. The maximum absolute atomic E-state index is 12.4. The predicted molar refractivity (Wildman–Crippen MR) is 93.2 cm³/mol. The van der Waals surface area contributed by atoms with Crippen LogP contribution in [0.15, 0.2) is 23.1 Å². The molecule has 0 saturated carbocycles. The lowest BCUT2D eigenvalue weighted by molar-refractivity contribution is -0.156. The average molecular weight is 365 g/mol. The maximum Gasteiger partial charge on any atom is 0.326 e. The molecule has 134 valence electrons. The number of nitrogens with zero attached hydrogens (tertiary/aromatic N) is 1. The smallest absolute Gasteiger partial charge is 0.326 e. The minimum atomic E-state index is -0.697. The molecule has 0 unspecified atom stereocenters. The molecule has 0 bridgehead atoms. The van der Waals surface area contributed by atoms with Crippen molar-refractivity contribution in [3.8, 4) is 11.5 Å². The second-order valence-corrected chi connectivity index (χ2v) is 7.28. The number of amides is 2. The summed E-state index contributed by atoms with van der Waals surface area (Å²) in [7, 11) is 1.41. The Labute approximate surface area is 149 Å². The van der Waals surface area contributed by atoms with E-state index in [-0.39, 0.29) is 16.4 Å². The molecule has 1 aliphatic rings. The standard InChI is InChI=1S/C17H19NO6S/c1-17(2,3)24-14(20)9-18-15(21)13(25-16(18)22)8-10-5-6-11(19)12(7-10)23-4/h5-8,19H,9H2,1-4H3/b13-8-. The molecule has 7 nitrogen and oxygen atoms in total. The number of phenols is 1. The van der Waals surface area contributed by atoms with Crippen LogP contribution in [0.25, 0.3) is 6.08 Å². The number of hydrogen-bond acceptors (Lipinski definition) is 7. The predicted octanol–water partition coefficient (Wildman–Crippen LogP) is 2.78. The van der Waals surface area contributed by atoms with Crippen molar-refractivity contribution in [1.29, 1.82) is 0 Å². The lowest BCUT2D eigenvalue weighted by atomic mass is 10.2. The largest absolute Gasteiger partial charge is 0.504 e. The monoisotopic (exact) mass is 365 g/mol. The first-order valence-electron chi connectivity index (χ1n) is 7.45. The van der Waals surface area contributed by atoms with Gasteiger partial charge in [-0.1, -0.05) is 6.07 Å². The molecule has 0 aliphatic carbocycles. The Bertz CT molecular complexity index is 750. The second-order valence-electron chi connectivity index (χ2n) is 6.29. The fourth-order valence-electron chi connectivity index (χ4n) is 2.07. The number of ether oxygens (including phenoxy) is 2. The number of methoxy groups -OCH3 is 1. The zero-order valence-corrected chi connectivity index (χ0v) is 15.2. The molecule has 2 rings (SSSR count). The number of carbonyl (C=O) groups excluding carboxylic acids is 3. The lowest BCUT2D eigenvalue weighted by Gasteiger charge is -2.21. The molecule has 0 radical (unpaired) electrons. The van der Waals surface area contributed by atoms with Gasteiger partial charge in [0.1, 0.15) is 12.1 Å². The van der Waals surface area contributed by atoms with Crippen LogP contribution in [0.4, 0.5) is 4.79 Å². The van der Waals surface area contributed by atoms with Gasteiger partial charge in [-0.3, -0.25) is 19.3 Å². The van der Waals surface area contributed by atoms with Crippen LogP contribution >= 0.6 is 11.8 Å². The third kappa shape index (κ3) is 4.76. The van der Waals surface area contributed by atoms with Crippen molar-refractivity contribution in [1.82, 2.24) is 4.90 Å². The highest BCUT2D eigenvalue weighted by molar-refractivity contribution is 8.18. The normalized spacial score (nSPS) is 16.5. The fraction of sp³-hybridized carbons (Fsp3) is 0.353. The first kappa shape index (κ1) is 18.9. The zero-order chi connectivity index (χ0) is 18.8. The zero-order valence-electron chi connectivity index (χ0n) is 14.4. The van der Waals surface area contributed by atoms with Crippen LogP contribution in [0.2, 0.25) is 0 Å². The van der Waals surface area contributed by atoms with E-state index in [1.165, 1.54) is 25.3 Å². The van der Waals surface area contributed by atoms with E-state index >= 15 is 0 Å². The van der Waals surface area contributed by atoms with Gasteiger partial charge in [0.05, 0.1) is 12.0 Å². The van der Waals surface area contributed by atoms with Gasteiger partial charge in [-0.05, 0) is 56.3 Å². The number of phenolic OH excluding ortho intramolecular Hbond substituents is 1. The number of carbonyl (C=O) groups is 3. The second kappa shape index (κ2) is 7.18. The number of aromatic hydroxyl groups is 1. The summed E-state index contributed by atoms with van der Waals surface area (Å²) in [6.07, 6.45) is 1.50. The van der Waals surface area contributed by atoms with Gasteiger partial charge in [0.2, 0.25) is 0 Å². The molecular weight excluding hydrogens is 346 g/mol. The van der Waals surface area contributed by atoms with E-state index in [9.17, 15) is 19.5 Å². The van der Waals surface area contributed by atoms with Gasteiger partial charge in [0.15, 0.2) is 11.5 Å². The number of esters is 1. The summed E-state index contributed by atoms with van der Waals surface area (Å²) >= 11 is 0.742. The number of thioether (sulfide) groups is 1. The van der Waals surface area contributed by atoms with Gasteiger partial charge in [-0.15, -0.1) is 0 Å². The summed E-state index contributed by atoms with van der Waals surface area (Å²) in [5.74, 6) is -0.991. The van der Waals surface area contributed by atoms with Crippen LogP contribution in [-0.2, 0) is 14.3 Å². The minimum Gasteiger partial charge on any atom is -0.504 e. The molecule has 25 heavy (non-hydrogen) atoms. The van der Waals surface area contributed by atoms with Crippen molar-refractivity contribution in [2.45, 2.75) is 26.4 Å². The third-order valence-electron chi connectivity index (χ3n) is 3.08. The molecule has 1 N–H and O–H groups in total. The summed E-state index contributed by atoms with van der Waals surface area (Å²) in [6.45, 7) is 4.68. The highest BCUT2D eigenvalue weighted by Gasteiger charge is 2.37. The van der Waals surface area contributed by atoms with Crippen LogP contribution in [0, 0.1) is 0 Å². The van der Waals surface area contributed by atoms with Gasteiger partial charge < -0.3 is 14.6 Å². The fourth-order valence-corrected chi connectivity index (χ4v) is 2.91. The highest BCUT2D eigenvalue weighted by atomic mass is 32.2. The molecular formula is C17H19NO6S. The molecule has 0 atom stereocenters. The number of rotatable bonds is 4. The summed E-state index contributed by atoms with van der Waals surface area (Å²) < 4.78 is 10.1. The van der Waals surface area contributed by atoms with Crippen molar-refractivity contribution in [3.63, 3.8) is 0 Å². The summed E-state index contributed by atoms with van der Waals surface area (Å²) in [5.41, 5.74) is -0.116. The Morgan fingerprint density at radius 2 is 2.00 bits per heavy atom. The Kier molecular flexibility index (Phi) is 5.42. The van der Waals surface area contributed by atoms with Gasteiger partial charge in [-0.25, -0.2) is 0 Å².